The molecule has 0 aliphatic heterocycles. The van der Waals surface area contributed by atoms with Crippen LogP contribution < -0.4 is 5.32 Å². The Morgan fingerprint density at radius 2 is 2.00 bits per heavy atom. The van der Waals surface area contributed by atoms with Gasteiger partial charge in [0.05, 0.1) is 10.4 Å². The first-order valence-electron chi connectivity index (χ1n) is 7.03. The van der Waals surface area contributed by atoms with Crippen LogP contribution in [-0.4, -0.2) is 9.91 Å². The van der Waals surface area contributed by atoms with E-state index in [1.54, 1.807) is 0 Å². The van der Waals surface area contributed by atoms with Gasteiger partial charge < -0.3 is 5.32 Å². The van der Waals surface area contributed by atoms with Crippen LogP contribution in [-0.2, 0) is 0 Å². The van der Waals surface area contributed by atoms with Crippen molar-refractivity contribution in [3.8, 4) is 0 Å². The SMILES string of the molecule is Cc1cccc(Nc2c([N+](=O)[O-])cnc3ccc(Br)cc23)c1C. The summed E-state index contributed by atoms with van der Waals surface area (Å²) in [7, 11) is 0. The minimum atomic E-state index is -0.416. The van der Waals surface area contributed by atoms with E-state index in [0.717, 1.165) is 21.3 Å². The van der Waals surface area contributed by atoms with Crippen LogP contribution in [0.3, 0.4) is 0 Å². The first-order valence-corrected chi connectivity index (χ1v) is 7.82. The molecule has 3 aromatic rings. The molecule has 5 nitrogen and oxygen atoms in total. The van der Waals surface area contributed by atoms with Gasteiger partial charge in [0, 0.05) is 15.5 Å². The standard InChI is InChI=1S/C17H14BrN3O2/c1-10-4-3-5-14(11(10)2)20-17-13-8-12(18)6-7-15(13)19-9-16(17)21(22)23/h3-9H,1-2H3,(H,19,20). The largest absolute Gasteiger partial charge is 0.349 e. The van der Waals surface area contributed by atoms with Gasteiger partial charge >= 0.3 is 5.69 Å². The predicted molar refractivity (Wildman–Crippen MR) is 95.3 cm³/mol. The first kappa shape index (κ1) is 15.4. The Kier molecular flexibility index (Phi) is 4.00. The van der Waals surface area contributed by atoms with Crippen molar-refractivity contribution in [3.63, 3.8) is 0 Å². The number of pyridine rings is 1. The molecular formula is C17H14BrN3O2. The molecule has 116 valence electrons. The number of benzene rings is 2. The Balaban J connectivity index is 2.25. The van der Waals surface area contributed by atoms with Crippen molar-refractivity contribution in [1.82, 2.24) is 4.98 Å². The smallest absolute Gasteiger partial charge is 0.311 e. The van der Waals surface area contributed by atoms with Crippen LogP contribution in [0, 0.1) is 24.0 Å². The Hall–Kier alpha value is -2.47. The zero-order chi connectivity index (χ0) is 16.6. The highest BCUT2D eigenvalue weighted by Crippen LogP contribution is 2.36. The van der Waals surface area contributed by atoms with E-state index in [9.17, 15) is 10.1 Å². The topological polar surface area (TPSA) is 68.1 Å². The van der Waals surface area contributed by atoms with Gasteiger partial charge in [-0.1, -0.05) is 28.1 Å². The van der Waals surface area contributed by atoms with E-state index in [0.29, 0.717) is 16.6 Å². The minimum Gasteiger partial charge on any atom is -0.349 e. The number of halogens is 1. The van der Waals surface area contributed by atoms with Crippen LogP contribution in [0.4, 0.5) is 17.1 Å². The van der Waals surface area contributed by atoms with Gasteiger partial charge in [-0.05, 0) is 49.2 Å². The van der Waals surface area contributed by atoms with Gasteiger partial charge in [-0.25, -0.2) is 4.98 Å². The van der Waals surface area contributed by atoms with Gasteiger partial charge in [-0.2, -0.15) is 0 Å². The van der Waals surface area contributed by atoms with Gasteiger partial charge in [0.25, 0.3) is 0 Å². The Labute approximate surface area is 141 Å². The molecule has 1 N–H and O–H groups in total. The molecule has 1 aromatic heterocycles. The van der Waals surface area contributed by atoms with Crippen LogP contribution in [0.5, 0.6) is 0 Å². The maximum atomic E-state index is 11.4. The molecule has 0 aliphatic rings. The molecular weight excluding hydrogens is 358 g/mol. The number of nitrogens with zero attached hydrogens (tertiary/aromatic N) is 2. The summed E-state index contributed by atoms with van der Waals surface area (Å²) in [4.78, 5) is 15.2. The van der Waals surface area contributed by atoms with Crippen molar-refractivity contribution in [1.29, 1.82) is 0 Å². The van der Waals surface area contributed by atoms with E-state index in [1.165, 1.54) is 6.20 Å². The summed E-state index contributed by atoms with van der Waals surface area (Å²) in [5, 5.41) is 15.3. The lowest BCUT2D eigenvalue weighted by Gasteiger charge is -2.13. The summed E-state index contributed by atoms with van der Waals surface area (Å²) in [5.41, 5.74) is 4.14. The molecule has 0 atom stereocenters. The Morgan fingerprint density at radius 1 is 1.22 bits per heavy atom. The quantitative estimate of drug-likeness (QED) is 0.503. The number of anilines is 2. The van der Waals surface area contributed by atoms with Gasteiger partial charge in [-0.15, -0.1) is 0 Å². The van der Waals surface area contributed by atoms with Crippen molar-refractivity contribution in [2.75, 3.05) is 5.32 Å². The molecule has 0 fully saturated rings. The lowest BCUT2D eigenvalue weighted by atomic mass is 10.1. The normalized spacial score (nSPS) is 10.7. The number of rotatable bonds is 3. The molecule has 0 amide bonds. The molecule has 0 aliphatic carbocycles. The molecule has 3 rings (SSSR count). The summed E-state index contributed by atoms with van der Waals surface area (Å²) in [6.07, 6.45) is 1.30. The fraction of sp³-hybridized carbons (Fsp3) is 0.118. The highest BCUT2D eigenvalue weighted by atomic mass is 79.9. The molecule has 0 unspecified atom stereocenters. The van der Waals surface area contributed by atoms with Crippen LogP contribution in [0.2, 0.25) is 0 Å². The van der Waals surface area contributed by atoms with Gasteiger partial charge in [0.15, 0.2) is 0 Å². The van der Waals surface area contributed by atoms with Crippen molar-refractivity contribution >= 4 is 43.9 Å². The van der Waals surface area contributed by atoms with Crippen molar-refractivity contribution in [2.45, 2.75) is 13.8 Å². The fourth-order valence-corrected chi connectivity index (χ4v) is 2.81. The number of fused-ring (bicyclic) bond motifs is 1. The van der Waals surface area contributed by atoms with Crippen LogP contribution >= 0.6 is 15.9 Å². The van der Waals surface area contributed by atoms with Crippen molar-refractivity contribution in [3.05, 3.63) is 68.3 Å². The Morgan fingerprint density at radius 3 is 2.74 bits per heavy atom. The minimum absolute atomic E-state index is 0.0449. The number of aromatic nitrogens is 1. The summed E-state index contributed by atoms with van der Waals surface area (Å²) >= 11 is 3.41. The van der Waals surface area contributed by atoms with Crippen molar-refractivity contribution < 1.29 is 4.92 Å². The second-order valence-electron chi connectivity index (χ2n) is 5.31. The zero-order valence-corrected chi connectivity index (χ0v) is 14.2. The van der Waals surface area contributed by atoms with Gasteiger partial charge in [-0.3, -0.25) is 10.1 Å². The van der Waals surface area contributed by atoms with Crippen molar-refractivity contribution in [2.24, 2.45) is 0 Å². The number of hydrogen-bond acceptors (Lipinski definition) is 4. The highest BCUT2D eigenvalue weighted by Gasteiger charge is 2.19. The van der Waals surface area contributed by atoms with E-state index >= 15 is 0 Å². The van der Waals surface area contributed by atoms with E-state index in [1.807, 2.05) is 50.2 Å². The lowest BCUT2D eigenvalue weighted by molar-refractivity contribution is -0.384. The molecule has 0 saturated heterocycles. The van der Waals surface area contributed by atoms with Crippen LogP contribution in [0.15, 0.2) is 47.1 Å². The van der Waals surface area contributed by atoms with Gasteiger partial charge in [0.2, 0.25) is 0 Å². The van der Waals surface area contributed by atoms with E-state index in [4.69, 9.17) is 0 Å². The zero-order valence-electron chi connectivity index (χ0n) is 12.6. The summed E-state index contributed by atoms with van der Waals surface area (Å²) in [6.45, 7) is 4.00. The third-order valence-corrected chi connectivity index (χ3v) is 4.36. The third-order valence-electron chi connectivity index (χ3n) is 3.87. The molecule has 2 aromatic carbocycles. The second-order valence-corrected chi connectivity index (χ2v) is 6.23. The Bertz CT molecular complexity index is 925. The van der Waals surface area contributed by atoms with Crippen LogP contribution in [0.25, 0.3) is 10.9 Å². The molecule has 0 saturated carbocycles. The van der Waals surface area contributed by atoms with E-state index < -0.39 is 4.92 Å². The molecule has 1 heterocycles. The van der Waals surface area contributed by atoms with Gasteiger partial charge in [0.1, 0.15) is 11.9 Å². The number of hydrogen-bond donors (Lipinski definition) is 1. The van der Waals surface area contributed by atoms with Crippen LogP contribution in [0.1, 0.15) is 11.1 Å². The third kappa shape index (κ3) is 2.90. The number of nitrogens with one attached hydrogen (secondary N) is 1. The molecule has 0 bridgehead atoms. The maximum absolute atomic E-state index is 11.4. The lowest BCUT2D eigenvalue weighted by Crippen LogP contribution is -2.01. The second kappa shape index (κ2) is 5.96. The molecule has 0 spiro atoms. The van der Waals surface area contributed by atoms with E-state index in [-0.39, 0.29) is 5.69 Å². The average Bonchev–Trinajstić information content (AvgIpc) is 2.51. The molecule has 0 radical (unpaired) electrons. The number of aryl methyl sites for hydroxylation is 1. The molecule has 23 heavy (non-hydrogen) atoms. The fourth-order valence-electron chi connectivity index (χ4n) is 2.45. The molecule has 6 heteroatoms. The summed E-state index contributed by atoms with van der Waals surface area (Å²) in [6, 6.07) is 11.4. The summed E-state index contributed by atoms with van der Waals surface area (Å²) < 4.78 is 0.844. The summed E-state index contributed by atoms with van der Waals surface area (Å²) in [5.74, 6) is 0. The maximum Gasteiger partial charge on any atom is 0.311 e. The van der Waals surface area contributed by atoms with E-state index in [2.05, 4.69) is 26.2 Å². The monoisotopic (exact) mass is 371 g/mol. The highest BCUT2D eigenvalue weighted by molar-refractivity contribution is 9.10. The predicted octanol–water partition coefficient (Wildman–Crippen LogP) is 5.27. The first-order chi connectivity index (χ1) is 11.0. The number of nitro groups is 1. The average molecular weight is 372 g/mol.